The van der Waals surface area contributed by atoms with Crippen molar-refractivity contribution < 1.29 is 4.74 Å². The van der Waals surface area contributed by atoms with Gasteiger partial charge in [0.2, 0.25) is 0 Å². The first kappa shape index (κ1) is 12.6. The molecule has 18 heavy (non-hydrogen) atoms. The molecular formula is C14H14N2OS. The van der Waals surface area contributed by atoms with Crippen molar-refractivity contribution >= 4 is 11.3 Å². The molecule has 0 spiro atoms. The van der Waals surface area contributed by atoms with Crippen LogP contribution in [0.15, 0.2) is 24.3 Å². The fourth-order valence-electron chi connectivity index (χ4n) is 1.57. The van der Waals surface area contributed by atoms with E-state index in [2.05, 4.69) is 11.1 Å². The Bertz CT molecular complexity index is 579. The van der Waals surface area contributed by atoms with Crippen LogP contribution in [0.2, 0.25) is 0 Å². The summed E-state index contributed by atoms with van der Waals surface area (Å²) in [6.07, 6.45) is 0.170. The van der Waals surface area contributed by atoms with E-state index in [9.17, 15) is 0 Å². The maximum atomic E-state index is 8.90. The Morgan fingerprint density at radius 3 is 2.44 bits per heavy atom. The monoisotopic (exact) mass is 258 g/mol. The van der Waals surface area contributed by atoms with E-state index in [0.29, 0.717) is 5.69 Å². The second-order valence-corrected chi connectivity index (χ2v) is 5.43. The minimum atomic E-state index is 0.170. The third-order valence-electron chi connectivity index (χ3n) is 2.38. The lowest BCUT2D eigenvalue weighted by molar-refractivity contribution is 0.242. The van der Waals surface area contributed by atoms with Gasteiger partial charge in [-0.25, -0.2) is 4.98 Å². The highest BCUT2D eigenvalue weighted by molar-refractivity contribution is 7.15. The van der Waals surface area contributed by atoms with Gasteiger partial charge in [0, 0.05) is 10.4 Å². The summed E-state index contributed by atoms with van der Waals surface area (Å²) in [6, 6.07) is 9.89. The van der Waals surface area contributed by atoms with Gasteiger partial charge in [0.15, 0.2) is 5.69 Å². The fourth-order valence-corrected chi connectivity index (χ4v) is 2.44. The molecular weight excluding hydrogens is 244 g/mol. The number of benzene rings is 1. The maximum absolute atomic E-state index is 8.90. The molecule has 3 nitrogen and oxygen atoms in total. The molecule has 0 fully saturated rings. The van der Waals surface area contributed by atoms with Gasteiger partial charge in [-0.15, -0.1) is 11.3 Å². The second kappa shape index (κ2) is 5.19. The molecule has 0 saturated carbocycles. The summed E-state index contributed by atoms with van der Waals surface area (Å²) in [5, 5.41) is 9.77. The first-order valence-corrected chi connectivity index (χ1v) is 6.56. The summed E-state index contributed by atoms with van der Waals surface area (Å²) in [5.41, 5.74) is 1.53. The van der Waals surface area contributed by atoms with Crippen molar-refractivity contribution in [2.45, 2.75) is 26.9 Å². The molecule has 0 unspecified atom stereocenters. The lowest BCUT2D eigenvalue weighted by atomic mass is 10.2. The van der Waals surface area contributed by atoms with Gasteiger partial charge >= 0.3 is 0 Å². The van der Waals surface area contributed by atoms with E-state index >= 15 is 0 Å². The molecule has 92 valence electrons. The van der Waals surface area contributed by atoms with E-state index in [-0.39, 0.29) is 6.10 Å². The van der Waals surface area contributed by atoms with E-state index in [1.165, 1.54) is 11.3 Å². The molecule has 0 radical (unpaired) electrons. The zero-order chi connectivity index (χ0) is 13.1. The number of hydrogen-bond donors (Lipinski definition) is 0. The average Bonchev–Trinajstić information content (AvgIpc) is 2.71. The van der Waals surface area contributed by atoms with Crippen molar-refractivity contribution in [2.24, 2.45) is 0 Å². The minimum Gasteiger partial charge on any atom is -0.491 e. The van der Waals surface area contributed by atoms with Gasteiger partial charge in [-0.05, 0) is 45.0 Å². The number of rotatable bonds is 3. The summed E-state index contributed by atoms with van der Waals surface area (Å²) >= 11 is 1.54. The predicted molar refractivity (Wildman–Crippen MR) is 72.8 cm³/mol. The standard InChI is InChI=1S/C14H14N2OS/c1-9(2)17-12-6-4-11(5-7-12)14-16-13(8-15)10(3)18-14/h4-7,9H,1-3H3. The highest BCUT2D eigenvalue weighted by Crippen LogP contribution is 2.28. The molecule has 2 aromatic rings. The lowest BCUT2D eigenvalue weighted by Crippen LogP contribution is -2.05. The van der Waals surface area contributed by atoms with Crippen LogP contribution in [0.5, 0.6) is 5.75 Å². The Kier molecular flexibility index (Phi) is 3.63. The van der Waals surface area contributed by atoms with E-state index in [4.69, 9.17) is 10.00 Å². The van der Waals surface area contributed by atoms with Gasteiger partial charge in [0.1, 0.15) is 16.8 Å². The average molecular weight is 258 g/mol. The van der Waals surface area contributed by atoms with Gasteiger partial charge in [0.25, 0.3) is 0 Å². The van der Waals surface area contributed by atoms with Crippen molar-refractivity contribution in [1.29, 1.82) is 5.26 Å². The van der Waals surface area contributed by atoms with Crippen molar-refractivity contribution in [3.8, 4) is 22.4 Å². The van der Waals surface area contributed by atoms with Crippen molar-refractivity contribution in [1.82, 2.24) is 4.98 Å². The molecule has 1 aromatic heterocycles. The van der Waals surface area contributed by atoms with Crippen LogP contribution >= 0.6 is 11.3 Å². The number of aromatic nitrogens is 1. The zero-order valence-electron chi connectivity index (χ0n) is 10.6. The largest absolute Gasteiger partial charge is 0.491 e. The summed E-state index contributed by atoms with van der Waals surface area (Å²) in [7, 11) is 0. The maximum Gasteiger partial charge on any atom is 0.155 e. The molecule has 0 N–H and O–H groups in total. The van der Waals surface area contributed by atoms with Crippen molar-refractivity contribution in [3.63, 3.8) is 0 Å². The van der Waals surface area contributed by atoms with E-state index in [0.717, 1.165) is 21.2 Å². The first-order chi connectivity index (χ1) is 8.60. The van der Waals surface area contributed by atoms with Crippen LogP contribution in [0.3, 0.4) is 0 Å². The number of nitriles is 1. The normalized spacial score (nSPS) is 10.4. The molecule has 0 aliphatic carbocycles. The zero-order valence-corrected chi connectivity index (χ0v) is 11.4. The van der Waals surface area contributed by atoms with Crippen LogP contribution in [0.1, 0.15) is 24.4 Å². The summed E-state index contributed by atoms with van der Waals surface area (Å²) in [4.78, 5) is 5.26. The number of thiazole rings is 1. The number of nitrogens with zero attached hydrogens (tertiary/aromatic N) is 2. The predicted octanol–water partition coefficient (Wildman–Crippen LogP) is 3.78. The molecule has 0 aliphatic rings. The van der Waals surface area contributed by atoms with Crippen LogP contribution in [0.25, 0.3) is 10.6 Å². The Morgan fingerprint density at radius 2 is 1.94 bits per heavy atom. The number of aryl methyl sites for hydroxylation is 1. The summed E-state index contributed by atoms with van der Waals surface area (Å²) in [6.45, 7) is 5.91. The van der Waals surface area contributed by atoms with Gasteiger partial charge in [-0.3, -0.25) is 0 Å². The summed E-state index contributed by atoms with van der Waals surface area (Å²) in [5.74, 6) is 0.850. The van der Waals surface area contributed by atoms with Crippen LogP contribution < -0.4 is 4.74 Å². The molecule has 0 atom stereocenters. The quantitative estimate of drug-likeness (QED) is 0.841. The second-order valence-electron chi connectivity index (χ2n) is 4.23. The van der Waals surface area contributed by atoms with Crippen LogP contribution in [0.4, 0.5) is 0 Å². The van der Waals surface area contributed by atoms with Gasteiger partial charge in [-0.2, -0.15) is 5.26 Å². The molecule has 1 heterocycles. The number of hydrogen-bond acceptors (Lipinski definition) is 4. The smallest absolute Gasteiger partial charge is 0.155 e. The molecule has 1 aromatic carbocycles. The molecule has 4 heteroatoms. The summed E-state index contributed by atoms with van der Waals surface area (Å²) < 4.78 is 5.59. The van der Waals surface area contributed by atoms with Gasteiger partial charge in [0.05, 0.1) is 6.10 Å². The highest BCUT2D eigenvalue weighted by atomic mass is 32.1. The first-order valence-electron chi connectivity index (χ1n) is 5.74. The topological polar surface area (TPSA) is 45.9 Å². The molecule has 0 amide bonds. The van der Waals surface area contributed by atoms with Crippen molar-refractivity contribution in [2.75, 3.05) is 0 Å². The number of ether oxygens (including phenoxy) is 1. The SMILES string of the molecule is Cc1sc(-c2ccc(OC(C)C)cc2)nc1C#N. The van der Waals surface area contributed by atoms with E-state index < -0.39 is 0 Å². The Balaban J connectivity index is 2.26. The van der Waals surface area contributed by atoms with Gasteiger partial charge < -0.3 is 4.74 Å². The Labute approximate surface area is 111 Å². The third kappa shape index (κ3) is 2.69. The Morgan fingerprint density at radius 1 is 1.28 bits per heavy atom. The molecule has 2 rings (SSSR count). The van der Waals surface area contributed by atoms with Crippen LogP contribution in [0, 0.1) is 18.3 Å². The van der Waals surface area contributed by atoms with E-state index in [1.807, 2.05) is 45.0 Å². The van der Waals surface area contributed by atoms with Gasteiger partial charge in [-0.1, -0.05) is 0 Å². The Hall–Kier alpha value is -1.86. The highest BCUT2D eigenvalue weighted by Gasteiger charge is 2.09. The minimum absolute atomic E-state index is 0.170. The van der Waals surface area contributed by atoms with Crippen LogP contribution in [-0.4, -0.2) is 11.1 Å². The van der Waals surface area contributed by atoms with E-state index in [1.54, 1.807) is 0 Å². The molecule has 0 aliphatic heterocycles. The fraction of sp³-hybridized carbons (Fsp3) is 0.286. The van der Waals surface area contributed by atoms with Crippen molar-refractivity contribution in [3.05, 3.63) is 34.8 Å². The third-order valence-corrected chi connectivity index (χ3v) is 3.40. The van der Waals surface area contributed by atoms with Crippen LogP contribution in [-0.2, 0) is 0 Å². The molecule has 0 saturated heterocycles. The lowest BCUT2D eigenvalue weighted by Gasteiger charge is -2.09. The molecule has 0 bridgehead atoms.